The number of hydrogen-bond donors (Lipinski definition) is 2. The molecule has 2 amide bonds. The van der Waals surface area contributed by atoms with E-state index in [2.05, 4.69) is 10.6 Å². The van der Waals surface area contributed by atoms with Gasteiger partial charge in [0, 0.05) is 5.69 Å². The van der Waals surface area contributed by atoms with Crippen molar-refractivity contribution in [3.05, 3.63) is 58.1 Å². The standard InChI is InChI=1S/C17H16Cl2N2O2/c1-23-13-5-2-11(3-6-13)17(8-9-17)21-16(22)20-12-4-7-14(18)15(19)10-12/h2-7,10H,8-9H2,1H3,(H2,20,21,22). The molecule has 120 valence electrons. The van der Waals surface area contributed by atoms with Gasteiger partial charge in [-0.1, -0.05) is 35.3 Å². The third-order valence-electron chi connectivity index (χ3n) is 3.92. The highest BCUT2D eigenvalue weighted by Crippen LogP contribution is 2.45. The second kappa shape index (κ2) is 6.30. The third kappa shape index (κ3) is 3.54. The zero-order valence-electron chi connectivity index (χ0n) is 12.5. The molecule has 2 N–H and O–H groups in total. The van der Waals surface area contributed by atoms with E-state index in [0.29, 0.717) is 15.7 Å². The Morgan fingerprint density at radius 3 is 2.35 bits per heavy atom. The van der Waals surface area contributed by atoms with E-state index in [0.717, 1.165) is 24.2 Å². The molecule has 0 saturated heterocycles. The molecule has 0 bridgehead atoms. The van der Waals surface area contributed by atoms with Gasteiger partial charge in [0.25, 0.3) is 0 Å². The van der Waals surface area contributed by atoms with Gasteiger partial charge < -0.3 is 15.4 Å². The maximum absolute atomic E-state index is 12.2. The number of carbonyl (C=O) groups is 1. The lowest BCUT2D eigenvalue weighted by Crippen LogP contribution is -2.38. The molecule has 1 fully saturated rings. The molecule has 3 rings (SSSR count). The van der Waals surface area contributed by atoms with Crippen LogP contribution in [0.15, 0.2) is 42.5 Å². The average molecular weight is 351 g/mol. The van der Waals surface area contributed by atoms with Crippen LogP contribution in [0.25, 0.3) is 0 Å². The number of ether oxygens (including phenoxy) is 1. The zero-order chi connectivity index (χ0) is 16.4. The molecule has 0 spiro atoms. The Morgan fingerprint density at radius 1 is 1.09 bits per heavy atom. The summed E-state index contributed by atoms with van der Waals surface area (Å²) in [4.78, 5) is 12.2. The van der Waals surface area contributed by atoms with Gasteiger partial charge in [-0.25, -0.2) is 4.79 Å². The summed E-state index contributed by atoms with van der Waals surface area (Å²) >= 11 is 11.8. The predicted molar refractivity (Wildman–Crippen MR) is 92.5 cm³/mol. The highest BCUT2D eigenvalue weighted by Gasteiger charge is 2.45. The number of urea groups is 1. The van der Waals surface area contributed by atoms with Crippen LogP contribution < -0.4 is 15.4 Å². The van der Waals surface area contributed by atoms with Gasteiger partial charge in [-0.15, -0.1) is 0 Å². The number of benzene rings is 2. The molecule has 0 aliphatic heterocycles. The first-order valence-corrected chi connectivity index (χ1v) is 7.97. The lowest BCUT2D eigenvalue weighted by Gasteiger charge is -2.19. The molecule has 2 aromatic rings. The summed E-state index contributed by atoms with van der Waals surface area (Å²) in [5, 5.41) is 6.67. The van der Waals surface area contributed by atoms with E-state index in [9.17, 15) is 4.79 Å². The van der Waals surface area contributed by atoms with Crippen molar-refractivity contribution in [3.8, 4) is 5.75 Å². The van der Waals surface area contributed by atoms with Gasteiger partial charge in [0.15, 0.2) is 0 Å². The second-order valence-electron chi connectivity index (χ2n) is 5.52. The molecule has 4 nitrogen and oxygen atoms in total. The second-order valence-corrected chi connectivity index (χ2v) is 6.33. The van der Waals surface area contributed by atoms with Gasteiger partial charge in [0.1, 0.15) is 5.75 Å². The highest BCUT2D eigenvalue weighted by molar-refractivity contribution is 6.42. The van der Waals surface area contributed by atoms with Gasteiger partial charge in [-0.2, -0.15) is 0 Å². The van der Waals surface area contributed by atoms with E-state index < -0.39 is 0 Å². The number of halogens is 2. The number of anilines is 1. The number of carbonyl (C=O) groups excluding carboxylic acids is 1. The van der Waals surface area contributed by atoms with Crippen LogP contribution in [-0.2, 0) is 5.54 Å². The Balaban J connectivity index is 1.67. The molecule has 1 aliphatic carbocycles. The highest BCUT2D eigenvalue weighted by atomic mass is 35.5. The van der Waals surface area contributed by atoms with Gasteiger partial charge in [-0.05, 0) is 48.7 Å². The van der Waals surface area contributed by atoms with Crippen LogP contribution in [0, 0.1) is 0 Å². The maximum atomic E-state index is 12.2. The maximum Gasteiger partial charge on any atom is 0.319 e. The molecular formula is C17H16Cl2N2O2. The number of nitrogens with one attached hydrogen (secondary N) is 2. The Morgan fingerprint density at radius 2 is 1.78 bits per heavy atom. The summed E-state index contributed by atoms with van der Waals surface area (Å²) in [6.07, 6.45) is 1.82. The van der Waals surface area contributed by atoms with Crippen molar-refractivity contribution in [2.45, 2.75) is 18.4 Å². The van der Waals surface area contributed by atoms with Crippen molar-refractivity contribution < 1.29 is 9.53 Å². The van der Waals surface area contributed by atoms with Gasteiger partial charge in [0.05, 0.1) is 22.7 Å². The molecule has 0 atom stereocenters. The van der Waals surface area contributed by atoms with Crippen molar-refractivity contribution in [1.82, 2.24) is 5.32 Å². The first kappa shape index (κ1) is 16.0. The van der Waals surface area contributed by atoms with Crippen molar-refractivity contribution in [1.29, 1.82) is 0 Å². The summed E-state index contributed by atoms with van der Waals surface area (Å²) in [6, 6.07) is 12.5. The Bertz CT molecular complexity index is 728. The number of methoxy groups -OCH3 is 1. The van der Waals surface area contributed by atoms with Crippen LogP contribution in [-0.4, -0.2) is 13.1 Å². The van der Waals surface area contributed by atoms with Crippen molar-refractivity contribution in [3.63, 3.8) is 0 Å². The number of hydrogen-bond acceptors (Lipinski definition) is 2. The van der Waals surface area contributed by atoms with Crippen molar-refractivity contribution in [2.75, 3.05) is 12.4 Å². The van der Waals surface area contributed by atoms with E-state index >= 15 is 0 Å². The third-order valence-corrected chi connectivity index (χ3v) is 4.66. The van der Waals surface area contributed by atoms with Crippen molar-refractivity contribution >= 4 is 34.9 Å². The minimum absolute atomic E-state index is 0.267. The normalized spacial score (nSPS) is 14.9. The zero-order valence-corrected chi connectivity index (χ0v) is 14.0. The smallest absolute Gasteiger partial charge is 0.319 e. The quantitative estimate of drug-likeness (QED) is 0.830. The molecule has 1 aliphatic rings. The van der Waals surface area contributed by atoms with Gasteiger partial charge >= 0.3 is 6.03 Å². The fraction of sp³-hybridized carbons (Fsp3) is 0.235. The summed E-state index contributed by atoms with van der Waals surface area (Å²) < 4.78 is 5.16. The summed E-state index contributed by atoms with van der Waals surface area (Å²) in [6.45, 7) is 0. The summed E-state index contributed by atoms with van der Waals surface area (Å²) in [7, 11) is 1.63. The molecule has 0 radical (unpaired) electrons. The molecule has 0 aromatic heterocycles. The van der Waals surface area contributed by atoms with Crippen LogP contribution in [0.5, 0.6) is 5.75 Å². The monoisotopic (exact) mass is 350 g/mol. The Labute approximate surface area is 144 Å². The lowest BCUT2D eigenvalue weighted by molar-refractivity contribution is 0.247. The van der Waals surface area contributed by atoms with Crippen molar-refractivity contribution in [2.24, 2.45) is 0 Å². The van der Waals surface area contributed by atoms with Crippen LogP contribution in [0.2, 0.25) is 10.0 Å². The minimum atomic E-state index is -0.299. The topological polar surface area (TPSA) is 50.4 Å². The van der Waals surface area contributed by atoms with E-state index in [-0.39, 0.29) is 11.6 Å². The van der Waals surface area contributed by atoms with E-state index in [1.165, 1.54) is 0 Å². The molecule has 0 unspecified atom stereocenters. The minimum Gasteiger partial charge on any atom is -0.497 e. The van der Waals surface area contributed by atoms with Crippen LogP contribution >= 0.6 is 23.2 Å². The Kier molecular flexibility index (Phi) is 4.37. The first-order chi connectivity index (χ1) is 11.0. The number of amides is 2. The average Bonchev–Trinajstić information content (AvgIpc) is 3.31. The predicted octanol–water partition coefficient (Wildman–Crippen LogP) is 4.81. The largest absolute Gasteiger partial charge is 0.497 e. The van der Waals surface area contributed by atoms with Crippen LogP contribution in [0.1, 0.15) is 18.4 Å². The SMILES string of the molecule is COc1ccc(C2(NC(=O)Nc3ccc(Cl)c(Cl)c3)CC2)cc1. The lowest BCUT2D eigenvalue weighted by atomic mass is 10.1. The molecule has 6 heteroatoms. The van der Waals surface area contributed by atoms with Gasteiger partial charge in [0.2, 0.25) is 0 Å². The van der Waals surface area contributed by atoms with E-state index in [1.54, 1.807) is 25.3 Å². The Hall–Kier alpha value is -1.91. The first-order valence-electron chi connectivity index (χ1n) is 7.21. The molecule has 0 heterocycles. The van der Waals surface area contributed by atoms with E-state index in [4.69, 9.17) is 27.9 Å². The fourth-order valence-electron chi connectivity index (χ4n) is 2.47. The van der Waals surface area contributed by atoms with Gasteiger partial charge in [-0.3, -0.25) is 0 Å². The molecule has 2 aromatic carbocycles. The number of rotatable bonds is 4. The van der Waals surface area contributed by atoms with Crippen LogP contribution in [0.4, 0.5) is 10.5 Å². The molecular weight excluding hydrogens is 335 g/mol. The van der Waals surface area contributed by atoms with Crippen LogP contribution in [0.3, 0.4) is 0 Å². The molecule has 23 heavy (non-hydrogen) atoms. The summed E-state index contributed by atoms with van der Waals surface area (Å²) in [5.41, 5.74) is 1.37. The fourth-order valence-corrected chi connectivity index (χ4v) is 2.77. The summed E-state index contributed by atoms with van der Waals surface area (Å²) in [5.74, 6) is 0.796. The van der Waals surface area contributed by atoms with E-state index in [1.807, 2.05) is 24.3 Å². The molecule has 1 saturated carbocycles.